The highest BCUT2D eigenvalue weighted by Crippen LogP contribution is 2.39. The van der Waals surface area contributed by atoms with Crippen molar-refractivity contribution in [1.82, 2.24) is 5.32 Å². The standard InChI is InChI=1S/C23H33F3N2O3/c1-5-16(2)21(28-22(30-4)19-9-8-12-27-19)17-10-11-20(18(15-17)23(24,25)26)31-14-7-6-13-29-3/h10-11,15,19,27H,5-9,12-14H2,1-4H3/b21-16+,28-22-. The van der Waals surface area contributed by atoms with Crippen LogP contribution in [0.5, 0.6) is 5.75 Å². The van der Waals surface area contributed by atoms with Crippen molar-refractivity contribution in [2.45, 2.75) is 58.2 Å². The fourth-order valence-electron chi connectivity index (χ4n) is 3.40. The number of allylic oxidation sites excluding steroid dienone is 1. The number of nitrogens with one attached hydrogen (secondary N) is 1. The highest BCUT2D eigenvalue weighted by Gasteiger charge is 2.35. The number of benzene rings is 1. The van der Waals surface area contributed by atoms with Crippen molar-refractivity contribution in [2.75, 3.05) is 34.0 Å². The Morgan fingerprint density at radius 2 is 1.94 bits per heavy atom. The van der Waals surface area contributed by atoms with Crippen LogP contribution in [0.1, 0.15) is 57.1 Å². The molecule has 0 spiro atoms. The van der Waals surface area contributed by atoms with Crippen molar-refractivity contribution >= 4 is 11.6 Å². The van der Waals surface area contributed by atoms with Gasteiger partial charge in [-0.3, -0.25) is 0 Å². The molecule has 0 aliphatic carbocycles. The van der Waals surface area contributed by atoms with Gasteiger partial charge in [0.1, 0.15) is 5.75 Å². The molecule has 0 saturated carbocycles. The number of unbranched alkanes of at least 4 members (excludes halogenated alkanes) is 1. The van der Waals surface area contributed by atoms with Crippen molar-refractivity contribution in [3.05, 3.63) is 34.9 Å². The second-order valence-corrected chi connectivity index (χ2v) is 7.54. The zero-order valence-electron chi connectivity index (χ0n) is 18.8. The maximum Gasteiger partial charge on any atom is 0.419 e. The SMILES string of the molecule is CC/C(C)=C(/N=C(\OC)C1CCCN1)c1ccc(OCCCCOC)c(C(F)(F)F)c1. The summed E-state index contributed by atoms with van der Waals surface area (Å²) in [5.41, 5.74) is 0.983. The molecule has 0 radical (unpaired) electrons. The van der Waals surface area contributed by atoms with Gasteiger partial charge in [-0.1, -0.05) is 6.92 Å². The molecule has 174 valence electrons. The summed E-state index contributed by atoms with van der Waals surface area (Å²) in [6.07, 6.45) is -0.649. The third-order valence-corrected chi connectivity index (χ3v) is 5.28. The highest BCUT2D eigenvalue weighted by molar-refractivity contribution is 5.88. The number of halogens is 3. The molecule has 1 aliphatic rings. The minimum absolute atomic E-state index is 0.0264. The number of nitrogens with zero attached hydrogens (tertiary/aromatic N) is 1. The van der Waals surface area contributed by atoms with E-state index in [0.717, 1.165) is 37.4 Å². The first-order valence-corrected chi connectivity index (χ1v) is 10.7. The van der Waals surface area contributed by atoms with Gasteiger partial charge in [-0.2, -0.15) is 13.2 Å². The van der Waals surface area contributed by atoms with Gasteiger partial charge < -0.3 is 19.5 Å². The maximum absolute atomic E-state index is 13.8. The predicted molar refractivity (Wildman–Crippen MR) is 116 cm³/mol. The van der Waals surface area contributed by atoms with Crippen LogP contribution in [-0.2, 0) is 15.7 Å². The zero-order valence-corrected chi connectivity index (χ0v) is 18.8. The summed E-state index contributed by atoms with van der Waals surface area (Å²) < 4.78 is 57.3. The van der Waals surface area contributed by atoms with E-state index in [1.165, 1.54) is 6.07 Å². The Morgan fingerprint density at radius 1 is 1.19 bits per heavy atom. The first-order chi connectivity index (χ1) is 14.8. The summed E-state index contributed by atoms with van der Waals surface area (Å²) in [4.78, 5) is 4.66. The molecule has 0 amide bonds. The van der Waals surface area contributed by atoms with Crippen molar-refractivity contribution in [1.29, 1.82) is 0 Å². The number of hydrogen-bond acceptors (Lipinski definition) is 5. The third-order valence-electron chi connectivity index (χ3n) is 5.28. The molecule has 1 aliphatic heterocycles. The number of alkyl halides is 3. The Balaban J connectivity index is 2.38. The first-order valence-electron chi connectivity index (χ1n) is 10.7. The molecule has 8 heteroatoms. The fourth-order valence-corrected chi connectivity index (χ4v) is 3.40. The van der Waals surface area contributed by atoms with E-state index in [9.17, 15) is 13.2 Å². The van der Waals surface area contributed by atoms with E-state index in [2.05, 4.69) is 10.3 Å². The van der Waals surface area contributed by atoms with Crippen LogP contribution in [0.2, 0.25) is 0 Å². The van der Waals surface area contributed by atoms with Gasteiger partial charge in [-0.25, -0.2) is 4.99 Å². The average Bonchev–Trinajstić information content (AvgIpc) is 3.28. The Labute approximate surface area is 182 Å². The minimum atomic E-state index is -4.54. The second-order valence-electron chi connectivity index (χ2n) is 7.54. The molecule has 1 aromatic carbocycles. The minimum Gasteiger partial charge on any atom is -0.493 e. The zero-order chi connectivity index (χ0) is 22.9. The molecule has 2 rings (SSSR count). The van der Waals surface area contributed by atoms with E-state index in [-0.39, 0.29) is 18.4 Å². The van der Waals surface area contributed by atoms with Crippen LogP contribution in [-0.4, -0.2) is 45.9 Å². The van der Waals surface area contributed by atoms with Gasteiger partial charge in [-0.05, 0) is 69.3 Å². The molecule has 5 nitrogen and oxygen atoms in total. The second kappa shape index (κ2) is 12.1. The first kappa shape index (κ1) is 25.2. The van der Waals surface area contributed by atoms with Gasteiger partial charge in [0, 0.05) is 19.3 Å². The van der Waals surface area contributed by atoms with Crippen molar-refractivity contribution in [2.24, 2.45) is 4.99 Å². The summed E-state index contributed by atoms with van der Waals surface area (Å²) >= 11 is 0. The third kappa shape index (κ3) is 7.25. The van der Waals surface area contributed by atoms with Crippen LogP contribution >= 0.6 is 0 Å². The van der Waals surface area contributed by atoms with Gasteiger partial charge in [0.15, 0.2) is 0 Å². The molecule has 1 heterocycles. The van der Waals surface area contributed by atoms with E-state index in [1.54, 1.807) is 20.3 Å². The number of rotatable bonds is 10. The summed E-state index contributed by atoms with van der Waals surface area (Å²) in [6, 6.07) is 4.11. The Kier molecular flexibility index (Phi) is 9.84. The van der Waals surface area contributed by atoms with Gasteiger partial charge >= 0.3 is 6.18 Å². The average molecular weight is 443 g/mol. The van der Waals surface area contributed by atoms with E-state index < -0.39 is 11.7 Å². The topological polar surface area (TPSA) is 52.1 Å². The Morgan fingerprint density at radius 3 is 2.52 bits per heavy atom. The van der Waals surface area contributed by atoms with E-state index in [1.807, 2.05) is 13.8 Å². The largest absolute Gasteiger partial charge is 0.493 e. The predicted octanol–water partition coefficient (Wildman–Crippen LogP) is 5.45. The lowest BCUT2D eigenvalue weighted by Crippen LogP contribution is -2.32. The molecule has 1 fully saturated rings. The summed E-state index contributed by atoms with van der Waals surface area (Å²) in [6.45, 7) is 5.44. The molecular formula is C23H33F3N2O3. The monoisotopic (exact) mass is 442 g/mol. The number of hydrogen-bond donors (Lipinski definition) is 1. The smallest absolute Gasteiger partial charge is 0.419 e. The Hall–Kier alpha value is -2.06. The lowest BCUT2D eigenvalue weighted by atomic mass is 10.0. The number of aliphatic imine (C=N–C) groups is 1. The summed E-state index contributed by atoms with van der Waals surface area (Å²) in [7, 11) is 3.13. The fraction of sp³-hybridized carbons (Fsp3) is 0.609. The molecular weight excluding hydrogens is 409 g/mol. The summed E-state index contributed by atoms with van der Waals surface area (Å²) in [5.74, 6) is 0.322. The maximum atomic E-state index is 13.8. The molecule has 1 saturated heterocycles. The quantitative estimate of drug-likeness (QED) is 0.297. The van der Waals surface area contributed by atoms with Gasteiger partial charge in [0.05, 0.1) is 31.0 Å². The van der Waals surface area contributed by atoms with E-state index >= 15 is 0 Å². The lowest BCUT2D eigenvalue weighted by molar-refractivity contribution is -0.139. The number of methoxy groups -OCH3 is 2. The van der Waals surface area contributed by atoms with Gasteiger partial charge in [-0.15, -0.1) is 0 Å². The van der Waals surface area contributed by atoms with Crippen LogP contribution in [0.25, 0.3) is 5.70 Å². The molecule has 1 atom stereocenters. The van der Waals surface area contributed by atoms with Gasteiger partial charge in [0.25, 0.3) is 0 Å². The number of ether oxygens (including phenoxy) is 3. The normalized spacial score (nSPS) is 18.2. The van der Waals surface area contributed by atoms with E-state index in [0.29, 0.717) is 36.6 Å². The van der Waals surface area contributed by atoms with E-state index in [4.69, 9.17) is 14.2 Å². The highest BCUT2D eigenvalue weighted by atomic mass is 19.4. The molecule has 31 heavy (non-hydrogen) atoms. The summed E-state index contributed by atoms with van der Waals surface area (Å²) in [5, 5.41) is 3.32. The van der Waals surface area contributed by atoms with Crippen LogP contribution < -0.4 is 10.1 Å². The van der Waals surface area contributed by atoms with Crippen molar-refractivity contribution in [3.63, 3.8) is 0 Å². The molecule has 1 unspecified atom stereocenters. The molecule has 1 N–H and O–H groups in total. The Bertz CT molecular complexity index is 770. The van der Waals surface area contributed by atoms with Crippen LogP contribution in [0, 0.1) is 0 Å². The molecule has 1 aromatic rings. The molecule has 0 bridgehead atoms. The van der Waals surface area contributed by atoms with Crippen LogP contribution in [0.4, 0.5) is 13.2 Å². The lowest BCUT2D eigenvalue weighted by Gasteiger charge is -2.18. The van der Waals surface area contributed by atoms with Gasteiger partial charge in [0.2, 0.25) is 5.90 Å². The van der Waals surface area contributed by atoms with Crippen LogP contribution in [0.15, 0.2) is 28.8 Å². The van der Waals surface area contributed by atoms with Crippen LogP contribution in [0.3, 0.4) is 0 Å². The van der Waals surface area contributed by atoms with Crippen molar-refractivity contribution in [3.8, 4) is 5.75 Å². The van der Waals surface area contributed by atoms with Crippen molar-refractivity contribution < 1.29 is 27.4 Å². The molecule has 0 aromatic heterocycles.